The van der Waals surface area contributed by atoms with Crippen LogP contribution < -0.4 is 0 Å². The van der Waals surface area contributed by atoms with Crippen LogP contribution >= 0.6 is 8.03 Å². The van der Waals surface area contributed by atoms with E-state index in [0.717, 1.165) is 5.56 Å². The number of rotatable bonds is 9. The van der Waals surface area contributed by atoms with E-state index in [4.69, 9.17) is 19.6 Å². The van der Waals surface area contributed by atoms with E-state index < -0.39 is 26.5 Å². The number of carboxylic acid groups (broad SMARTS) is 1. The third-order valence-corrected chi connectivity index (χ3v) is 6.03. The van der Waals surface area contributed by atoms with Gasteiger partial charge in [0, 0.05) is 11.1 Å². The van der Waals surface area contributed by atoms with Gasteiger partial charge in [0.05, 0.1) is 23.4 Å². The standard InChI is InChI=1S/C26H24FN2O5P/c1-17(2)24-22(9-6-14-34-35(33)16-21(30)15-23(31)32)25(18-10-12-20(27)13-11-18)29-26(28-24)19-7-4-3-5-8-19/h3-5,7-8,10-13,17,21,30H,14-16H2,1-2H3/p+1/t21-/m0/s1. The Morgan fingerprint density at radius 1 is 1.09 bits per heavy atom. The normalized spacial score (nSPS) is 12.1. The van der Waals surface area contributed by atoms with E-state index in [9.17, 15) is 18.9 Å². The average Bonchev–Trinajstić information content (AvgIpc) is 2.82. The molecule has 0 aliphatic heterocycles. The molecule has 2 atom stereocenters. The number of carboxylic acids is 1. The minimum atomic E-state index is -2.28. The number of carbonyl (C=O) groups is 1. The van der Waals surface area contributed by atoms with Crippen LogP contribution in [0.15, 0.2) is 54.6 Å². The Morgan fingerprint density at radius 2 is 1.77 bits per heavy atom. The molecule has 2 aromatic carbocycles. The molecule has 3 aromatic rings. The summed E-state index contributed by atoms with van der Waals surface area (Å²) in [7, 11) is -2.28. The lowest BCUT2D eigenvalue weighted by Gasteiger charge is -2.14. The lowest BCUT2D eigenvalue weighted by molar-refractivity contribution is -0.138. The number of halogens is 1. The summed E-state index contributed by atoms with van der Waals surface area (Å²) in [6.07, 6.45) is -2.07. The summed E-state index contributed by atoms with van der Waals surface area (Å²) >= 11 is 0. The molecule has 0 spiro atoms. The highest BCUT2D eigenvalue weighted by molar-refractivity contribution is 7.39. The summed E-state index contributed by atoms with van der Waals surface area (Å²) in [6.45, 7) is 3.76. The fourth-order valence-corrected chi connectivity index (χ4v) is 4.06. The van der Waals surface area contributed by atoms with Gasteiger partial charge in [-0.15, -0.1) is 4.52 Å². The summed E-state index contributed by atoms with van der Waals surface area (Å²) in [4.78, 5) is 20.1. The zero-order valence-electron chi connectivity index (χ0n) is 19.3. The van der Waals surface area contributed by atoms with Gasteiger partial charge >= 0.3 is 14.0 Å². The molecule has 0 saturated heterocycles. The minimum Gasteiger partial charge on any atom is -0.481 e. The fourth-order valence-electron chi connectivity index (χ4n) is 3.27. The van der Waals surface area contributed by atoms with Gasteiger partial charge in [-0.05, 0) is 34.7 Å². The molecule has 0 saturated carbocycles. The highest BCUT2D eigenvalue weighted by Gasteiger charge is 2.25. The van der Waals surface area contributed by atoms with Crippen LogP contribution in [-0.2, 0) is 13.9 Å². The zero-order valence-corrected chi connectivity index (χ0v) is 20.2. The van der Waals surface area contributed by atoms with Crippen molar-refractivity contribution in [3.05, 3.63) is 71.7 Å². The number of aliphatic carboxylic acids is 1. The molecule has 1 aromatic heterocycles. The monoisotopic (exact) mass is 495 g/mol. The molecule has 2 N–H and O–H groups in total. The zero-order chi connectivity index (χ0) is 25.4. The maximum Gasteiger partial charge on any atom is 0.511 e. The van der Waals surface area contributed by atoms with Crippen LogP contribution in [0, 0.1) is 17.7 Å². The van der Waals surface area contributed by atoms with Crippen molar-refractivity contribution >= 4 is 14.0 Å². The Kier molecular flexibility index (Phi) is 9.16. The summed E-state index contributed by atoms with van der Waals surface area (Å²) in [6, 6.07) is 15.4. The van der Waals surface area contributed by atoms with Crippen molar-refractivity contribution in [1.29, 1.82) is 0 Å². The van der Waals surface area contributed by atoms with Gasteiger partial charge in [-0.3, -0.25) is 4.79 Å². The molecule has 0 radical (unpaired) electrons. The van der Waals surface area contributed by atoms with Crippen molar-refractivity contribution < 1.29 is 28.5 Å². The van der Waals surface area contributed by atoms with Crippen molar-refractivity contribution in [3.8, 4) is 34.5 Å². The number of aromatic nitrogens is 2. The van der Waals surface area contributed by atoms with Crippen molar-refractivity contribution in [2.45, 2.75) is 32.3 Å². The molecule has 0 amide bonds. The molecule has 1 unspecified atom stereocenters. The predicted octanol–water partition coefficient (Wildman–Crippen LogP) is 5.02. The van der Waals surface area contributed by atoms with E-state index >= 15 is 0 Å². The molecule has 7 nitrogen and oxygen atoms in total. The van der Waals surface area contributed by atoms with E-state index in [0.29, 0.717) is 28.3 Å². The van der Waals surface area contributed by atoms with Crippen LogP contribution in [0.4, 0.5) is 4.39 Å². The summed E-state index contributed by atoms with van der Waals surface area (Å²) in [5, 5.41) is 18.3. The third-order valence-electron chi connectivity index (χ3n) is 4.90. The van der Waals surface area contributed by atoms with Crippen LogP contribution in [0.3, 0.4) is 0 Å². The Morgan fingerprint density at radius 3 is 2.40 bits per heavy atom. The van der Waals surface area contributed by atoms with E-state index in [1.807, 2.05) is 44.2 Å². The lowest BCUT2D eigenvalue weighted by Crippen LogP contribution is -2.15. The average molecular weight is 495 g/mol. The highest BCUT2D eigenvalue weighted by Crippen LogP contribution is 2.30. The van der Waals surface area contributed by atoms with E-state index in [1.165, 1.54) is 12.1 Å². The van der Waals surface area contributed by atoms with E-state index in [-0.39, 0.29) is 24.5 Å². The molecule has 9 heteroatoms. The van der Waals surface area contributed by atoms with Crippen LogP contribution in [-0.4, -0.2) is 45.0 Å². The highest BCUT2D eigenvalue weighted by atomic mass is 31.1. The van der Waals surface area contributed by atoms with Crippen LogP contribution in [0.2, 0.25) is 0 Å². The molecule has 3 rings (SSSR count). The van der Waals surface area contributed by atoms with Gasteiger partial charge in [0.1, 0.15) is 11.9 Å². The largest absolute Gasteiger partial charge is 0.511 e. The van der Waals surface area contributed by atoms with Crippen molar-refractivity contribution in [2.24, 2.45) is 0 Å². The second kappa shape index (κ2) is 12.3. The second-order valence-electron chi connectivity index (χ2n) is 8.03. The molecule has 180 valence electrons. The van der Waals surface area contributed by atoms with Gasteiger partial charge in [0.25, 0.3) is 0 Å². The first-order valence-corrected chi connectivity index (χ1v) is 12.3. The predicted molar refractivity (Wildman–Crippen MR) is 131 cm³/mol. The first kappa shape index (κ1) is 26.1. The van der Waals surface area contributed by atoms with Crippen molar-refractivity contribution in [1.82, 2.24) is 9.97 Å². The molecule has 0 aliphatic rings. The maximum atomic E-state index is 13.6. The Hall–Kier alpha value is -3.50. The van der Waals surface area contributed by atoms with Gasteiger partial charge in [0.15, 0.2) is 12.4 Å². The summed E-state index contributed by atoms with van der Waals surface area (Å²) in [5.41, 5.74) is 3.29. The lowest BCUT2D eigenvalue weighted by atomic mass is 9.98. The SMILES string of the molecule is CC(C)c1nc(-c2ccccc2)nc(-c2ccc(F)cc2)c1C#CCO[P+](=O)C[C@@H](O)CC(=O)O. The molecule has 0 aliphatic carbocycles. The Bertz CT molecular complexity index is 1250. The molecule has 0 bridgehead atoms. The Balaban J connectivity index is 1.95. The number of aliphatic hydroxyl groups excluding tert-OH is 1. The molecular formula is C26H25FN2O5P+. The van der Waals surface area contributed by atoms with Crippen molar-refractivity contribution in [2.75, 3.05) is 12.8 Å². The van der Waals surface area contributed by atoms with Gasteiger partial charge in [-0.25, -0.2) is 14.4 Å². The van der Waals surface area contributed by atoms with E-state index in [1.54, 1.807) is 12.1 Å². The second-order valence-corrected chi connectivity index (χ2v) is 9.31. The summed E-state index contributed by atoms with van der Waals surface area (Å²) < 4.78 is 30.7. The van der Waals surface area contributed by atoms with Gasteiger partial charge < -0.3 is 10.2 Å². The number of aliphatic hydroxyl groups is 1. The third kappa shape index (κ3) is 7.49. The maximum absolute atomic E-state index is 13.6. The van der Waals surface area contributed by atoms with Crippen LogP contribution in [0.5, 0.6) is 0 Å². The first-order valence-electron chi connectivity index (χ1n) is 10.9. The summed E-state index contributed by atoms with van der Waals surface area (Å²) in [5.74, 6) is 4.79. The molecule has 0 fully saturated rings. The number of hydrogen-bond acceptors (Lipinski definition) is 6. The van der Waals surface area contributed by atoms with Crippen molar-refractivity contribution in [3.63, 3.8) is 0 Å². The minimum absolute atomic E-state index is 0.00678. The molecule has 35 heavy (non-hydrogen) atoms. The molecular weight excluding hydrogens is 470 g/mol. The number of benzene rings is 2. The van der Waals surface area contributed by atoms with Gasteiger partial charge in [0.2, 0.25) is 6.16 Å². The van der Waals surface area contributed by atoms with Crippen LogP contribution in [0.25, 0.3) is 22.6 Å². The van der Waals surface area contributed by atoms with Gasteiger partial charge in [-0.1, -0.05) is 56.0 Å². The number of hydrogen-bond donors (Lipinski definition) is 2. The first-order chi connectivity index (χ1) is 16.7. The topological polar surface area (TPSA) is 110 Å². The van der Waals surface area contributed by atoms with Crippen LogP contribution in [0.1, 0.15) is 37.4 Å². The molecule has 1 heterocycles. The number of nitrogens with zero attached hydrogens (tertiary/aromatic N) is 2. The fraction of sp³-hybridized carbons (Fsp3) is 0.269. The Labute approximate surface area is 203 Å². The van der Waals surface area contributed by atoms with Gasteiger partial charge in [-0.2, -0.15) is 0 Å². The quantitative estimate of drug-likeness (QED) is 0.317. The van der Waals surface area contributed by atoms with E-state index in [2.05, 4.69) is 11.8 Å². The smallest absolute Gasteiger partial charge is 0.481 e.